The zero-order chi connectivity index (χ0) is 29.1. The largest absolute Gasteiger partial charge is 0.485 e. The molecule has 41 heavy (non-hydrogen) atoms. The lowest BCUT2D eigenvalue weighted by atomic mass is 10.1. The molecule has 1 fully saturated rings. The van der Waals surface area contributed by atoms with Crippen molar-refractivity contribution in [3.8, 4) is 17.1 Å². The Balaban J connectivity index is 1.27. The van der Waals surface area contributed by atoms with Gasteiger partial charge in [0.05, 0.1) is 0 Å². The van der Waals surface area contributed by atoms with E-state index in [1.165, 1.54) is 0 Å². The molecule has 3 aromatic carbocycles. The highest BCUT2D eigenvalue weighted by molar-refractivity contribution is 5.97. The van der Waals surface area contributed by atoms with Gasteiger partial charge in [0.1, 0.15) is 23.2 Å². The highest BCUT2D eigenvalue weighted by Gasteiger charge is 2.32. The number of carbonyl (C=O) groups excluding carboxylic acids is 2. The Hall–Kier alpha value is -4.53. The Bertz CT molecular complexity index is 1600. The average molecular weight is 555 g/mol. The second-order valence-electron chi connectivity index (χ2n) is 11.2. The van der Waals surface area contributed by atoms with Crippen LogP contribution in [0.1, 0.15) is 68.4 Å². The number of hydrogen-bond acceptors (Lipinski definition) is 7. The topological polar surface area (TPSA) is 107 Å². The summed E-state index contributed by atoms with van der Waals surface area (Å²) < 4.78 is 16.8. The first-order chi connectivity index (χ1) is 19.6. The molecule has 5 rings (SSSR count). The lowest BCUT2D eigenvalue weighted by Crippen LogP contribution is -2.30. The number of nitrogens with zero attached hydrogens (tertiary/aromatic N) is 4. The fourth-order valence-corrected chi connectivity index (χ4v) is 4.80. The molecule has 0 saturated carbocycles. The number of benzene rings is 3. The van der Waals surface area contributed by atoms with Crippen molar-refractivity contribution < 1.29 is 23.6 Å². The van der Waals surface area contributed by atoms with Crippen molar-refractivity contribution in [2.75, 3.05) is 13.2 Å². The molecule has 0 unspecified atom stereocenters. The van der Waals surface area contributed by atoms with Crippen LogP contribution >= 0.6 is 0 Å². The molecule has 0 spiro atoms. The van der Waals surface area contributed by atoms with Crippen molar-refractivity contribution in [3.05, 3.63) is 77.7 Å². The van der Waals surface area contributed by atoms with E-state index in [2.05, 4.69) is 15.1 Å². The molecular formula is C32H34N4O5. The van der Waals surface area contributed by atoms with Crippen LogP contribution in [-0.2, 0) is 4.74 Å². The van der Waals surface area contributed by atoms with Crippen LogP contribution in [0.3, 0.4) is 0 Å². The first-order valence-electron chi connectivity index (χ1n) is 13.7. The van der Waals surface area contributed by atoms with Gasteiger partial charge in [-0.25, -0.2) is 4.79 Å². The first kappa shape index (κ1) is 28.0. The molecule has 1 amide bonds. The second-order valence-corrected chi connectivity index (χ2v) is 11.2. The van der Waals surface area contributed by atoms with Crippen LogP contribution in [0, 0.1) is 6.92 Å². The molecule has 1 saturated heterocycles. The van der Waals surface area contributed by atoms with Gasteiger partial charge >= 0.3 is 6.09 Å². The number of ether oxygens (including phenoxy) is 2. The van der Waals surface area contributed by atoms with Gasteiger partial charge in [-0.05, 0) is 76.4 Å². The summed E-state index contributed by atoms with van der Waals surface area (Å²) in [6, 6.07) is 18.9. The van der Waals surface area contributed by atoms with Crippen molar-refractivity contribution in [2.45, 2.75) is 59.1 Å². The van der Waals surface area contributed by atoms with Gasteiger partial charge in [-0.3, -0.25) is 4.79 Å². The van der Waals surface area contributed by atoms with E-state index in [9.17, 15) is 9.59 Å². The maximum Gasteiger partial charge on any atom is 0.435 e. The molecule has 0 aliphatic carbocycles. The minimum absolute atomic E-state index is 0.0293. The van der Waals surface area contributed by atoms with Crippen LogP contribution in [-0.4, -0.2) is 51.5 Å². The summed E-state index contributed by atoms with van der Waals surface area (Å²) >= 11 is 0. The first-order valence-corrected chi connectivity index (χ1v) is 13.7. The van der Waals surface area contributed by atoms with Gasteiger partial charge in [-0.1, -0.05) is 53.2 Å². The molecule has 0 bridgehead atoms. The molecule has 4 aromatic rings. The molecular weight excluding hydrogens is 520 g/mol. The van der Waals surface area contributed by atoms with Crippen molar-refractivity contribution in [2.24, 2.45) is 4.99 Å². The number of Topliss-reactive ketones (excluding diaryl/α,β-unsaturated/α-hetero) is 1. The van der Waals surface area contributed by atoms with Crippen LogP contribution in [0.5, 0.6) is 5.75 Å². The van der Waals surface area contributed by atoms with Gasteiger partial charge in [0, 0.05) is 17.7 Å². The maximum absolute atomic E-state index is 12.5. The number of hydrogen-bond donors (Lipinski definition) is 0. The second kappa shape index (κ2) is 11.5. The fourth-order valence-electron chi connectivity index (χ4n) is 4.80. The molecule has 0 radical (unpaired) electrons. The Morgan fingerprint density at radius 3 is 2.54 bits per heavy atom. The van der Waals surface area contributed by atoms with E-state index in [-0.39, 0.29) is 18.4 Å². The molecule has 0 N–H and O–H groups in total. The van der Waals surface area contributed by atoms with Gasteiger partial charge in [-0.15, -0.1) is 0 Å². The molecule has 1 aliphatic rings. The third-order valence-corrected chi connectivity index (χ3v) is 6.86. The van der Waals surface area contributed by atoms with Gasteiger partial charge in [0.15, 0.2) is 12.4 Å². The summed E-state index contributed by atoms with van der Waals surface area (Å²) in [4.78, 5) is 35.5. The molecule has 1 atom stereocenters. The molecule has 9 nitrogen and oxygen atoms in total. The zero-order valence-corrected chi connectivity index (χ0v) is 24.0. The maximum atomic E-state index is 12.5. The lowest BCUT2D eigenvalue weighted by molar-refractivity contribution is 0.0601. The lowest BCUT2D eigenvalue weighted by Gasteiger charge is -2.24. The van der Waals surface area contributed by atoms with Crippen LogP contribution in [0.25, 0.3) is 22.2 Å². The molecule has 9 heteroatoms. The van der Waals surface area contributed by atoms with Crippen molar-refractivity contribution in [3.63, 3.8) is 0 Å². The number of amides is 1. The average Bonchev–Trinajstić information content (AvgIpc) is 3.61. The highest BCUT2D eigenvalue weighted by atomic mass is 16.6. The van der Waals surface area contributed by atoms with Crippen molar-refractivity contribution in [1.82, 2.24) is 15.0 Å². The van der Waals surface area contributed by atoms with Crippen molar-refractivity contribution >= 4 is 28.5 Å². The van der Waals surface area contributed by atoms with E-state index >= 15 is 0 Å². The van der Waals surface area contributed by atoms with Gasteiger partial charge in [0.2, 0.25) is 11.7 Å². The number of aryl methyl sites for hydroxylation is 1. The third kappa shape index (κ3) is 6.80. The summed E-state index contributed by atoms with van der Waals surface area (Å²) in [7, 11) is 0. The van der Waals surface area contributed by atoms with E-state index in [1.807, 2.05) is 93.3 Å². The summed E-state index contributed by atoms with van der Waals surface area (Å²) in [5.74, 6) is 2.08. The van der Waals surface area contributed by atoms with E-state index in [1.54, 1.807) is 6.92 Å². The molecule has 2 heterocycles. The minimum atomic E-state index is -0.616. The fraction of sp³-hybridized carbons (Fsp3) is 0.344. The summed E-state index contributed by atoms with van der Waals surface area (Å²) in [6.45, 7) is 9.91. The van der Waals surface area contributed by atoms with E-state index in [0.29, 0.717) is 28.9 Å². The Labute approximate surface area is 239 Å². The van der Waals surface area contributed by atoms with E-state index in [4.69, 9.17) is 14.0 Å². The summed E-state index contributed by atoms with van der Waals surface area (Å²) in [5, 5.41) is 6.18. The Morgan fingerprint density at radius 1 is 1.05 bits per heavy atom. The number of amidine groups is 1. The number of aliphatic imine (C=N–C) groups is 1. The molecule has 1 aliphatic heterocycles. The monoisotopic (exact) mass is 554 g/mol. The van der Waals surface area contributed by atoms with Gasteiger partial charge < -0.3 is 18.9 Å². The summed E-state index contributed by atoms with van der Waals surface area (Å²) in [5.41, 5.74) is 1.95. The van der Waals surface area contributed by atoms with E-state index < -0.39 is 11.7 Å². The third-order valence-electron chi connectivity index (χ3n) is 6.86. The number of aromatic nitrogens is 2. The molecule has 1 aromatic heterocycles. The smallest absolute Gasteiger partial charge is 0.435 e. The Kier molecular flexibility index (Phi) is 7.88. The van der Waals surface area contributed by atoms with Gasteiger partial charge in [0.25, 0.3) is 0 Å². The van der Waals surface area contributed by atoms with Crippen LogP contribution < -0.4 is 4.74 Å². The van der Waals surface area contributed by atoms with Crippen LogP contribution in [0.4, 0.5) is 4.79 Å². The Morgan fingerprint density at radius 2 is 1.78 bits per heavy atom. The number of carbonyl (C=O) groups is 2. The minimum Gasteiger partial charge on any atom is -0.485 e. The predicted molar refractivity (Wildman–Crippen MR) is 156 cm³/mol. The predicted octanol–water partition coefficient (Wildman–Crippen LogP) is 6.95. The zero-order valence-electron chi connectivity index (χ0n) is 24.0. The highest BCUT2D eigenvalue weighted by Crippen LogP contribution is 2.33. The number of likely N-dealkylation sites (tertiary alicyclic amines) is 1. The standard InChI is InChI=1S/C32H34N4O5/c1-20-8-10-22(11-9-20)28(37)19-39-26-15-14-23-17-25(13-12-24(23)18-26)29-34-30(41-35-29)27-7-6-16-36(27)21(2)33-31(38)40-32(3,4)5/h8-15,17-18,27H,6-7,16,19H2,1-5H3/t27-/m0/s1. The van der Waals surface area contributed by atoms with Gasteiger partial charge in [-0.2, -0.15) is 9.98 Å². The normalized spacial score (nSPS) is 15.8. The van der Waals surface area contributed by atoms with Crippen LogP contribution in [0.15, 0.2) is 70.2 Å². The summed E-state index contributed by atoms with van der Waals surface area (Å²) in [6.07, 6.45) is 1.12. The number of fused-ring (bicyclic) bond motifs is 1. The molecule has 212 valence electrons. The quantitative estimate of drug-likeness (QED) is 0.143. The SMILES string of the molecule is CC(=NC(=O)OC(C)(C)C)N1CCC[C@H]1c1nc(-c2ccc3cc(OCC(=O)c4ccc(C)cc4)ccc3c2)no1. The van der Waals surface area contributed by atoms with Crippen molar-refractivity contribution in [1.29, 1.82) is 0 Å². The number of ketones is 1. The number of rotatable bonds is 6. The van der Waals surface area contributed by atoms with Crippen LogP contribution in [0.2, 0.25) is 0 Å². The van der Waals surface area contributed by atoms with E-state index in [0.717, 1.165) is 41.3 Å².